The molecule has 5 nitrogen and oxygen atoms in total. The highest BCUT2D eigenvalue weighted by Crippen LogP contribution is 2.23. The number of benzene rings is 1. The second-order valence-electron chi connectivity index (χ2n) is 6.29. The minimum Gasteiger partial charge on any atom is -0.493 e. The lowest BCUT2D eigenvalue weighted by molar-refractivity contribution is 0.101. The Morgan fingerprint density at radius 3 is 2.91 bits per heavy atom. The molecule has 1 saturated carbocycles. The maximum absolute atomic E-state index is 11.7. The minimum atomic E-state index is -0.197. The number of amides is 2. The summed E-state index contributed by atoms with van der Waals surface area (Å²) in [5.74, 6) is 1.29. The summed E-state index contributed by atoms with van der Waals surface area (Å²) in [6, 6.07) is 7.77. The van der Waals surface area contributed by atoms with Crippen molar-refractivity contribution in [3.8, 4) is 5.75 Å². The minimum absolute atomic E-state index is 0.138. The van der Waals surface area contributed by atoms with Gasteiger partial charge in [0.2, 0.25) is 0 Å². The molecular formula is C18H28N2O3. The lowest BCUT2D eigenvalue weighted by Crippen LogP contribution is -2.40. The van der Waals surface area contributed by atoms with Crippen LogP contribution in [0.5, 0.6) is 5.75 Å². The molecule has 0 aliphatic heterocycles. The Morgan fingerprint density at radius 1 is 1.30 bits per heavy atom. The van der Waals surface area contributed by atoms with Crippen molar-refractivity contribution >= 4 is 6.03 Å². The van der Waals surface area contributed by atoms with Crippen LogP contribution in [0.2, 0.25) is 0 Å². The fourth-order valence-corrected chi connectivity index (χ4v) is 2.92. The van der Waals surface area contributed by atoms with Gasteiger partial charge in [0.05, 0.1) is 12.7 Å². The average Bonchev–Trinajstić information content (AvgIpc) is 2.54. The van der Waals surface area contributed by atoms with Crippen LogP contribution in [0, 0.1) is 12.8 Å². The number of para-hydroxylation sites is 1. The SMILES string of the molecule is Cc1ccccc1OCCCNC(=O)NCC1CCCC(O)C1. The van der Waals surface area contributed by atoms with Crippen molar-refractivity contribution in [3.63, 3.8) is 0 Å². The average molecular weight is 320 g/mol. The van der Waals surface area contributed by atoms with Crippen LogP contribution in [0.4, 0.5) is 4.79 Å². The molecule has 1 aromatic rings. The lowest BCUT2D eigenvalue weighted by atomic mass is 9.87. The largest absolute Gasteiger partial charge is 0.493 e. The summed E-state index contributed by atoms with van der Waals surface area (Å²) in [6.07, 6.45) is 4.39. The van der Waals surface area contributed by atoms with E-state index in [9.17, 15) is 9.90 Å². The van der Waals surface area contributed by atoms with Gasteiger partial charge in [-0.25, -0.2) is 4.79 Å². The number of aryl methyl sites for hydroxylation is 1. The molecule has 23 heavy (non-hydrogen) atoms. The van der Waals surface area contributed by atoms with Crippen LogP contribution < -0.4 is 15.4 Å². The molecule has 5 heteroatoms. The topological polar surface area (TPSA) is 70.6 Å². The highest BCUT2D eigenvalue weighted by Gasteiger charge is 2.20. The van der Waals surface area contributed by atoms with Crippen LogP contribution in [-0.4, -0.2) is 36.9 Å². The first kappa shape index (κ1) is 17.6. The van der Waals surface area contributed by atoms with E-state index >= 15 is 0 Å². The Bertz CT molecular complexity index is 493. The zero-order valence-corrected chi connectivity index (χ0v) is 13.9. The third kappa shape index (κ3) is 6.48. The first-order chi connectivity index (χ1) is 11.1. The summed E-state index contributed by atoms with van der Waals surface area (Å²) >= 11 is 0. The molecule has 1 aliphatic carbocycles. The molecule has 0 heterocycles. The number of aliphatic hydroxyl groups is 1. The molecule has 3 N–H and O–H groups in total. The van der Waals surface area contributed by atoms with Gasteiger partial charge in [0.15, 0.2) is 0 Å². The fourth-order valence-electron chi connectivity index (χ4n) is 2.92. The van der Waals surface area contributed by atoms with Crippen molar-refractivity contribution in [1.29, 1.82) is 0 Å². The van der Waals surface area contributed by atoms with E-state index in [0.717, 1.165) is 43.4 Å². The molecule has 2 unspecified atom stereocenters. The second-order valence-corrected chi connectivity index (χ2v) is 6.29. The zero-order valence-electron chi connectivity index (χ0n) is 13.9. The number of aliphatic hydroxyl groups excluding tert-OH is 1. The normalized spacial score (nSPS) is 20.8. The number of hydrogen-bond acceptors (Lipinski definition) is 3. The summed E-state index contributed by atoms with van der Waals surface area (Å²) in [4.78, 5) is 11.7. The van der Waals surface area contributed by atoms with Gasteiger partial charge in [0.1, 0.15) is 5.75 Å². The Kier molecular flexibility index (Phi) is 7.20. The van der Waals surface area contributed by atoms with Crippen LogP contribution in [0.3, 0.4) is 0 Å². The molecule has 0 bridgehead atoms. The van der Waals surface area contributed by atoms with E-state index in [-0.39, 0.29) is 12.1 Å². The standard InChI is InChI=1S/C18H28N2O3/c1-14-6-2-3-9-17(14)23-11-5-10-19-18(22)20-13-15-7-4-8-16(21)12-15/h2-3,6,9,15-16,21H,4-5,7-8,10-13H2,1H3,(H2,19,20,22). The van der Waals surface area contributed by atoms with Gasteiger partial charge in [0.25, 0.3) is 0 Å². The Morgan fingerprint density at radius 2 is 2.13 bits per heavy atom. The van der Waals surface area contributed by atoms with E-state index in [4.69, 9.17) is 4.74 Å². The van der Waals surface area contributed by atoms with Gasteiger partial charge in [-0.3, -0.25) is 0 Å². The second kappa shape index (κ2) is 9.40. The number of urea groups is 1. The first-order valence-electron chi connectivity index (χ1n) is 8.53. The van der Waals surface area contributed by atoms with Crippen LogP contribution in [0.1, 0.15) is 37.7 Å². The zero-order chi connectivity index (χ0) is 16.5. The van der Waals surface area contributed by atoms with Crippen molar-refractivity contribution in [2.24, 2.45) is 5.92 Å². The van der Waals surface area contributed by atoms with Crippen molar-refractivity contribution in [1.82, 2.24) is 10.6 Å². The molecule has 0 aromatic heterocycles. The molecule has 2 rings (SSSR count). The molecular weight excluding hydrogens is 292 g/mol. The Labute approximate surface area is 138 Å². The summed E-state index contributed by atoms with van der Waals surface area (Å²) in [5, 5.41) is 15.3. The summed E-state index contributed by atoms with van der Waals surface area (Å²) in [6.45, 7) is 3.83. The van der Waals surface area contributed by atoms with Crippen LogP contribution in [0.25, 0.3) is 0 Å². The molecule has 0 spiro atoms. The number of ether oxygens (including phenoxy) is 1. The smallest absolute Gasteiger partial charge is 0.314 e. The molecule has 2 atom stereocenters. The predicted octanol–water partition coefficient (Wildman–Crippen LogP) is 2.61. The maximum atomic E-state index is 11.7. The lowest BCUT2D eigenvalue weighted by Gasteiger charge is -2.25. The van der Waals surface area contributed by atoms with Gasteiger partial charge < -0.3 is 20.5 Å². The van der Waals surface area contributed by atoms with Crippen molar-refractivity contribution < 1.29 is 14.6 Å². The van der Waals surface area contributed by atoms with Crippen molar-refractivity contribution in [2.45, 2.75) is 45.1 Å². The highest BCUT2D eigenvalue weighted by molar-refractivity contribution is 5.73. The fraction of sp³-hybridized carbons (Fsp3) is 0.611. The van der Waals surface area contributed by atoms with E-state index in [1.54, 1.807) is 0 Å². The molecule has 1 aliphatic rings. The Balaban J connectivity index is 1.52. The molecule has 1 fully saturated rings. The van der Waals surface area contributed by atoms with Crippen LogP contribution in [0.15, 0.2) is 24.3 Å². The summed E-state index contributed by atoms with van der Waals surface area (Å²) in [7, 11) is 0. The van der Waals surface area contributed by atoms with Crippen molar-refractivity contribution in [3.05, 3.63) is 29.8 Å². The number of carbonyl (C=O) groups excluding carboxylic acids is 1. The van der Waals surface area contributed by atoms with E-state index in [2.05, 4.69) is 10.6 Å². The predicted molar refractivity (Wildman–Crippen MR) is 90.7 cm³/mol. The third-order valence-corrected chi connectivity index (χ3v) is 4.26. The number of rotatable bonds is 7. The molecule has 2 amide bonds. The van der Waals surface area contributed by atoms with Gasteiger partial charge in [-0.15, -0.1) is 0 Å². The monoisotopic (exact) mass is 320 g/mol. The van der Waals surface area contributed by atoms with Crippen LogP contribution in [-0.2, 0) is 0 Å². The molecule has 0 saturated heterocycles. The molecule has 1 aromatic carbocycles. The van der Waals surface area contributed by atoms with Gasteiger partial charge in [-0.2, -0.15) is 0 Å². The number of carbonyl (C=O) groups is 1. The van der Waals surface area contributed by atoms with Gasteiger partial charge in [0, 0.05) is 13.1 Å². The van der Waals surface area contributed by atoms with E-state index in [1.165, 1.54) is 0 Å². The summed E-state index contributed by atoms with van der Waals surface area (Å²) in [5.41, 5.74) is 1.12. The maximum Gasteiger partial charge on any atom is 0.314 e. The summed E-state index contributed by atoms with van der Waals surface area (Å²) < 4.78 is 5.69. The van der Waals surface area contributed by atoms with E-state index < -0.39 is 0 Å². The van der Waals surface area contributed by atoms with Crippen LogP contribution >= 0.6 is 0 Å². The number of hydrogen-bond donors (Lipinski definition) is 3. The van der Waals surface area contributed by atoms with Gasteiger partial charge >= 0.3 is 6.03 Å². The molecule has 128 valence electrons. The van der Waals surface area contributed by atoms with E-state index in [0.29, 0.717) is 25.6 Å². The van der Waals surface area contributed by atoms with E-state index in [1.807, 2.05) is 31.2 Å². The number of nitrogens with one attached hydrogen (secondary N) is 2. The van der Waals surface area contributed by atoms with Gasteiger partial charge in [-0.05, 0) is 50.2 Å². The third-order valence-electron chi connectivity index (χ3n) is 4.26. The quantitative estimate of drug-likeness (QED) is 0.676. The van der Waals surface area contributed by atoms with Crippen molar-refractivity contribution in [2.75, 3.05) is 19.7 Å². The highest BCUT2D eigenvalue weighted by atomic mass is 16.5. The van der Waals surface area contributed by atoms with Gasteiger partial charge in [-0.1, -0.05) is 24.6 Å². The molecule has 0 radical (unpaired) electrons. The Hall–Kier alpha value is -1.75. The first-order valence-corrected chi connectivity index (χ1v) is 8.53.